The maximum Gasteiger partial charge on any atom is 0.416 e. The molecular formula is C22H17F4N5O. The molecule has 1 aromatic heterocycles. The average molecular weight is 443 g/mol. The molecule has 0 spiro atoms. The Balaban J connectivity index is 1.48. The van der Waals surface area contributed by atoms with Crippen LogP contribution in [-0.4, -0.2) is 15.8 Å². The normalized spacial score (nSPS) is 11.5. The number of para-hydroxylation sites is 1. The van der Waals surface area contributed by atoms with Crippen molar-refractivity contribution in [1.82, 2.24) is 15.1 Å². The van der Waals surface area contributed by atoms with Crippen LogP contribution in [0.25, 0.3) is 16.6 Å². The highest BCUT2D eigenvalue weighted by Gasteiger charge is 2.31. The number of halogens is 4. The number of alkyl halides is 3. The predicted molar refractivity (Wildman–Crippen MR) is 113 cm³/mol. The number of nitrogen functional groups attached to an aromatic ring is 1. The summed E-state index contributed by atoms with van der Waals surface area (Å²) in [6.45, 7) is 0.0505. The van der Waals surface area contributed by atoms with Crippen LogP contribution in [0.1, 0.15) is 11.1 Å². The fraction of sp³-hybridized carbons (Fsp3) is 0.0909. The van der Waals surface area contributed by atoms with Gasteiger partial charge in [0.2, 0.25) is 0 Å². The second-order valence-corrected chi connectivity index (χ2v) is 6.98. The number of fused-ring (bicyclic) bond motifs is 1. The zero-order valence-electron chi connectivity index (χ0n) is 16.4. The van der Waals surface area contributed by atoms with Crippen LogP contribution in [0.4, 0.5) is 33.9 Å². The Kier molecular flexibility index (Phi) is 5.43. The number of nitrogens with one attached hydrogen (secondary N) is 2. The summed E-state index contributed by atoms with van der Waals surface area (Å²) in [7, 11) is 0. The molecule has 0 radical (unpaired) electrons. The topological polar surface area (TPSA) is 85.0 Å². The molecule has 0 aliphatic carbocycles. The fourth-order valence-corrected chi connectivity index (χ4v) is 3.23. The number of anilines is 2. The number of aromatic nitrogens is 2. The molecule has 0 atom stereocenters. The van der Waals surface area contributed by atoms with Gasteiger partial charge in [-0.25, -0.2) is 13.9 Å². The van der Waals surface area contributed by atoms with E-state index < -0.39 is 29.3 Å². The van der Waals surface area contributed by atoms with E-state index in [1.807, 2.05) is 30.3 Å². The fourth-order valence-electron chi connectivity index (χ4n) is 3.23. The molecule has 1 heterocycles. The van der Waals surface area contributed by atoms with E-state index in [1.54, 1.807) is 22.9 Å². The molecule has 0 aliphatic rings. The molecule has 0 fully saturated rings. The minimum atomic E-state index is -4.65. The van der Waals surface area contributed by atoms with Crippen LogP contribution in [0, 0.1) is 5.82 Å². The van der Waals surface area contributed by atoms with E-state index >= 15 is 0 Å². The van der Waals surface area contributed by atoms with Crippen LogP contribution in [-0.2, 0) is 12.7 Å². The maximum atomic E-state index is 13.8. The lowest BCUT2D eigenvalue weighted by molar-refractivity contribution is -0.137. The molecule has 6 nitrogen and oxygen atoms in total. The van der Waals surface area contributed by atoms with Crippen LogP contribution in [0.2, 0.25) is 0 Å². The number of nitrogens with zero attached hydrogens (tertiary/aromatic N) is 2. The molecule has 0 unspecified atom stereocenters. The van der Waals surface area contributed by atoms with E-state index in [9.17, 15) is 22.4 Å². The lowest BCUT2D eigenvalue weighted by Crippen LogP contribution is -2.28. The van der Waals surface area contributed by atoms with Gasteiger partial charge in [0.05, 0.1) is 22.5 Å². The first-order chi connectivity index (χ1) is 15.2. The Bertz CT molecular complexity index is 1300. The van der Waals surface area contributed by atoms with Gasteiger partial charge in [-0.3, -0.25) is 0 Å². The van der Waals surface area contributed by atoms with Gasteiger partial charge in [-0.1, -0.05) is 24.3 Å². The van der Waals surface area contributed by atoms with E-state index in [2.05, 4.69) is 15.7 Å². The monoisotopic (exact) mass is 443 g/mol. The number of amides is 2. The molecule has 0 saturated heterocycles. The van der Waals surface area contributed by atoms with E-state index in [1.165, 1.54) is 0 Å². The summed E-state index contributed by atoms with van der Waals surface area (Å²) in [6.07, 6.45) is -4.65. The largest absolute Gasteiger partial charge is 0.416 e. The van der Waals surface area contributed by atoms with Gasteiger partial charge in [-0.05, 0) is 48.0 Å². The van der Waals surface area contributed by atoms with E-state index in [0.717, 1.165) is 10.9 Å². The number of hydrogen-bond donors (Lipinski definition) is 3. The summed E-state index contributed by atoms with van der Waals surface area (Å²) >= 11 is 0. The maximum absolute atomic E-state index is 13.8. The SMILES string of the molecule is Nc1nn(-c2cccc(CNC(=O)Nc3cc(C(F)(F)F)ccc3F)c2)c2ccccc12. The van der Waals surface area contributed by atoms with E-state index in [-0.39, 0.29) is 6.54 Å². The average Bonchev–Trinajstić information content (AvgIpc) is 3.10. The third kappa shape index (κ3) is 4.34. The molecule has 2 amide bonds. The number of hydrogen-bond acceptors (Lipinski definition) is 3. The molecule has 0 bridgehead atoms. The first-order valence-electron chi connectivity index (χ1n) is 9.46. The summed E-state index contributed by atoms with van der Waals surface area (Å²) in [6, 6.07) is 15.5. The molecule has 4 N–H and O–H groups in total. The second kappa shape index (κ2) is 8.22. The number of carbonyl (C=O) groups is 1. The first kappa shape index (κ1) is 21.2. The van der Waals surface area contributed by atoms with Crippen molar-refractivity contribution in [3.05, 3.63) is 83.7 Å². The summed E-state index contributed by atoms with van der Waals surface area (Å²) < 4.78 is 53.9. The van der Waals surface area contributed by atoms with Crippen molar-refractivity contribution in [1.29, 1.82) is 0 Å². The molecule has 0 saturated carbocycles. The van der Waals surface area contributed by atoms with Crippen LogP contribution in [0.5, 0.6) is 0 Å². The number of urea groups is 1. The minimum absolute atomic E-state index is 0.0505. The van der Waals surface area contributed by atoms with Gasteiger partial charge in [-0.15, -0.1) is 5.10 Å². The summed E-state index contributed by atoms with van der Waals surface area (Å²) in [4.78, 5) is 12.1. The van der Waals surface area contributed by atoms with E-state index in [0.29, 0.717) is 35.3 Å². The van der Waals surface area contributed by atoms with Gasteiger partial charge >= 0.3 is 12.2 Å². The summed E-state index contributed by atoms with van der Waals surface area (Å²) in [5.41, 5.74) is 6.57. The highest BCUT2D eigenvalue weighted by Crippen LogP contribution is 2.31. The molecule has 3 aromatic carbocycles. The van der Waals surface area contributed by atoms with Gasteiger partial charge in [0.15, 0.2) is 5.82 Å². The van der Waals surface area contributed by atoms with Crippen molar-refractivity contribution in [2.75, 3.05) is 11.1 Å². The lowest BCUT2D eigenvalue weighted by Gasteiger charge is -2.12. The lowest BCUT2D eigenvalue weighted by atomic mass is 10.2. The van der Waals surface area contributed by atoms with Crippen molar-refractivity contribution in [3.63, 3.8) is 0 Å². The van der Waals surface area contributed by atoms with Crippen LogP contribution < -0.4 is 16.4 Å². The van der Waals surface area contributed by atoms with Crippen molar-refractivity contribution in [2.24, 2.45) is 0 Å². The molecule has 4 aromatic rings. The van der Waals surface area contributed by atoms with Crippen molar-refractivity contribution >= 4 is 28.4 Å². The Morgan fingerprint density at radius 2 is 1.81 bits per heavy atom. The molecule has 32 heavy (non-hydrogen) atoms. The predicted octanol–water partition coefficient (Wildman–Crippen LogP) is 5.09. The van der Waals surface area contributed by atoms with Crippen molar-refractivity contribution in [2.45, 2.75) is 12.7 Å². The Hall–Kier alpha value is -4.08. The third-order valence-electron chi connectivity index (χ3n) is 4.77. The Morgan fingerprint density at radius 3 is 2.59 bits per heavy atom. The van der Waals surface area contributed by atoms with Gasteiger partial charge in [0.25, 0.3) is 0 Å². The van der Waals surface area contributed by atoms with Gasteiger partial charge in [0.1, 0.15) is 5.82 Å². The number of rotatable bonds is 4. The van der Waals surface area contributed by atoms with Crippen LogP contribution in [0.15, 0.2) is 66.7 Å². The minimum Gasteiger partial charge on any atom is -0.382 e. The van der Waals surface area contributed by atoms with Crippen molar-refractivity contribution < 1.29 is 22.4 Å². The molecule has 4 rings (SSSR count). The van der Waals surface area contributed by atoms with Gasteiger partial charge in [-0.2, -0.15) is 13.2 Å². The second-order valence-electron chi connectivity index (χ2n) is 6.98. The summed E-state index contributed by atoms with van der Waals surface area (Å²) in [5.74, 6) is -0.593. The highest BCUT2D eigenvalue weighted by molar-refractivity contribution is 5.90. The first-order valence-corrected chi connectivity index (χ1v) is 9.46. The molecule has 164 valence electrons. The zero-order valence-corrected chi connectivity index (χ0v) is 16.4. The Labute approximate surface area is 179 Å². The van der Waals surface area contributed by atoms with Crippen LogP contribution in [0.3, 0.4) is 0 Å². The number of carbonyl (C=O) groups excluding carboxylic acids is 1. The number of nitrogens with two attached hydrogens (primary N) is 1. The smallest absolute Gasteiger partial charge is 0.382 e. The standard InChI is InChI=1S/C22H17F4N5O/c23-17-9-8-14(22(24,25)26)11-18(17)29-21(32)28-12-13-4-3-5-15(10-13)31-19-7-2-1-6-16(19)20(27)30-31/h1-11H,12H2,(H2,27,30)(H2,28,29,32). The zero-order chi connectivity index (χ0) is 22.9. The van der Waals surface area contributed by atoms with Crippen molar-refractivity contribution in [3.8, 4) is 5.69 Å². The molecule has 0 aliphatic heterocycles. The quantitative estimate of drug-likeness (QED) is 0.384. The van der Waals surface area contributed by atoms with Gasteiger partial charge in [0, 0.05) is 11.9 Å². The van der Waals surface area contributed by atoms with Crippen LogP contribution >= 0.6 is 0 Å². The number of benzene rings is 3. The highest BCUT2D eigenvalue weighted by atomic mass is 19.4. The molecule has 10 heteroatoms. The molecular weight excluding hydrogens is 426 g/mol. The third-order valence-corrected chi connectivity index (χ3v) is 4.77. The van der Waals surface area contributed by atoms with E-state index in [4.69, 9.17) is 5.73 Å². The Morgan fingerprint density at radius 1 is 1.03 bits per heavy atom. The van der Waals surface area contributed by atoms with Gasteiger partial charge < -0.3 is 16.4 Å². The summed E-state index contributed by atoms with van der Waals surface area (Å²) in [5, 5.41) is 9.76.